The maximum Gasteiger partial charge on any atom is 0.0219 e. The van der Waals surface area contributed by atoms with E-state index in [1.54, 1.807) is 11.9 Å². The highest BCUT2D eigenvalue weighted by Gasteiger charge is 1.66. The van der Waals surface area contributed by atoms with Gasteiger partial charge in [-0.05, 0) is 11.9 Å². The van der Waals surface area contributed by atoms with Crippen molar-refractivity contribution >= 4 is 27.5 Å². The summed E-state index contributed by atoms with van der Waals surface area (Å²) in [5.74, 6) is 0. The van der Waals surface area contributed by atoms with Crippen molar-refractivity contribution in [1.29, 1.82) is 0 Å². The molecule has 0 bridgehead atoms. The van der Waals surface area contributed by atoms with Crippen LogP contribution in [0.2, 0.25) is 0 Å². The SMILES string of the molecule is C/C(Cl)=C\Br. The van der Waals surface area contributed by atoms with Gasteiger partial charge in [0.25, 0.3) is 0 Å². The summed E-state index contributed by atoms with van der Waals surface area (Å²) in [6.45, 7) is 1.80. The summed E-state index contributed by atoms with van der Waals surface area (Å²) in [6.07, 6.45) is 0. The molecule has 0 spiro atoms. The van der Waals surface area contributed by atoms with Crippen LogP contribution in [0, 0.1) is 0 Å². The minimum atomic E-state index is 0.769. The summed E-state index contributed by atoms with van der Waals surface area (Å²) in [4.78, 5) is 1.66. The van der Waals surface area contributed by atoms with Crippen LogP contribution in [-0.4, -0.2) is 0 Å². The topological polar surface area (TPSA) is 0 Å². The Morgan fingerprint density at radius 3 is 2.20 bits per heavy atom. The van der Waals surface area contributed by atoms with E-state index in [4.69, 9.17) is 11.6 Å². The first kappa shape index (κ1) is 5.51. The van der Waals surface area contributed by atoms with Crippen molar-refractivity contribution in [2.45, 2.75) is 6.92 Å². The number of allylic oxidation sites excluding steroid dienone is 1. The zero-order chi connectivity index (χ0) is 4.28. The fraction of sp³-hybridized carbons (Fsp3) is 0.333. The fourth-order valence-electron chi connectivity index (χ4n) is 0. The van der Waals surface area contributed by atoms with Crippen LogP contribution in [0.25, 0.3) is 0 Å². The van der Waals surface area contributed by atoms with Crippen LogP contribution in [0.4, 0.5) is 0 Å². The lowest BCUT2D eigenvalue weighted by atomic mass is 10.8. The van der Waals surface area contributed by atoms with Gasteiger partial charge in [0.05, 0.1) is 0 Å². The molecule has 30 valence electrons. The fourth-order valence-corrected chi connectivity index (χ4v) is 0. The largest absolute Gasteiger partial charge is 0.0889 e. The highest BCUT2D eigenvalue weighted by atomic mass is 79.9. The summed E-state index contributed by atoms with van der Waals surface area (Å²) >= 11 is 8.30. The van der Waals surface area contributed by atoms with Crippen molar-refractivity contribution in [2.24, 2.45) is 0 Å². The highest BCUT2D eigenvalue weighted by Crippen LogP contribution is 1.99. The average Bonchev–Trinajstić information content (AvgIpc) is 1.38. The van der Waals surface area contributed by atoms with E-state index in [2.05, 4.69) is 15.9 Å². The van der Waals surface area contributed by atoms with E-state index in [0.717, 1.165) is 5.03 Å². The minimum absolute atomic E-state index is 0.769. The average molecular weight is 155 g/mol. The molecule has 0 saturated heterocycles. The molecule has 0 N–H and O–H groups in total. The van der Waals surface area contributed by atoms with E-state index in [9.17, 15) is 0 Å². The lowest BCUT2D eigenvalue weighted by molar-refractivity contribution is 1.71. The van der Waals surface area contributed by atoms with Crippen molar-refractivity contribution in [1.82, 2.24) is 0 Å². The van der Waals surface area contributed by atoms with Gasteiger partial charge in [-0.1, -0.05) is 27.5 Å². The molecule has 0 rings (SSSR count). The quantitative estimate of drug-likeness (QED) is 0.504. The molecule has 0 nitrogen and oxygen atoms in total. The van der Waals surface area contributed by atoms with Crippen LogP contribution in [0.15, 0.2) is 10.0 Å². The van der Waals surface area contributed by atoms with Crippen LogP contribution in [0.5, 0.6) is 0 Å². The predicted octanol–water partition coefficient (Wildman–Crippen LogP) is 2.48. The summed E-state index contributed by atoms with van der Waals surface area (Å²) in [6, 6.07) is 0. The smallest absolute Gasteiger partial charge is 0.0219 e. The summed E-state index contributed by atoms with van der Waals surface area (Å²) in [5.41, 5.74) is 0. The molecule has 0 aromatic heterocycles. The Kier molecular flexibility index (Phi) is 3.01. The van der Waals surface area contributed by atoms with Crippen molar-refractivity contribution in [3.05, 3.63) is 10.0 Å². The Labute approximate surface area is 45.0 Å². The van der Waals surface area contributed by atoms with Gasteiger partial charge in [-0.25, -0.2) is 0 Å². The number of rotatable bonds is 0. The van der Waals surface area contributed by atoms with Gasteiger partial charge in [-0.3, -0.25) is 0 Å². The van der Waals surface area contributed by atoms with Crippen LogP contribution >= 0.6 is 27.5 Å². The third kappa shape index (κ3) is 4.51. The molecule has 0 unspecified atom stereocenters. The van der Waals surface area contributed by atoms with Gasteiger partial charge in [-0.2, -0.15) is 0 Å². The van der Waals surface area contributed by atoms with Gasteiger partial charge in [0.1, 0.15) is 0 Å². The maximum absolute atomic E-state index is 5.28. The van der Waals surface area contributed by atoms with Gasteiger partial charge < -0.3 is 0 Å². The van der Waals surface area contributed by atoms with Crippen LogP contribution < -0.4 is 0 Å². The number of hydrogen-bond acceptors (Lipinski definition) is 0. The van der Waals surface area contributed by atoms with Gasteiger partial charge >= 0.3 is 0 Å². The molecule has 5 heavy (non-hydrogen) atoms. The summed E-state index contributed by atoms with van der Waals surface area (Å²) < 4.78 is 0. The number of halogens is 2. The van der Waals surface area contributed by atoms with E-state index in [0.29, 0.717) is 0 Å². The van der Waals surface area contributed by atoms with Gasteiger partial charge in [0, 0.05) is 5.03 Å². The van der Waals surface area contributed by atoms with Gasteiger partial charge in [0.15, 0.2) is 0 Å². The molecule has 0 heterocycles. The third-order valence-corrected chi connectivity index (χ3v) is 1.21. The second kappa shape index (κ2) is 2.73. The monoisotopic (exact) mass is 154 g/mol. The lowest BCUT2D eigenvalue weighted by Gasteiger charge is -1.68. The van der Waals surface area contributed by atoms with Crippen molar-refractivity contribution in [2.75, 3.05) is 0 Å². The molecule has 0 aromatic carbocycles. The number of hydrogen-bond donors (Lipinski definition) is 0. The van der Waals surface area contributed by atoms with E-state index in [1.165, 1.54) is 0 Å². The first-order valence-corrected chi connectivity index (χ1v) is 2.49. The Balaban J connectivity index is 3.14. The Morgan fingerprint density at radius 1 is 2.00 bits per heavy atom. The highest BCUT2D eigenvalue weighted by molar-refractivity contribution is 9.11. The summed E-state index contributed by atoms with van der Waals surface area (Å²) in [7, 11) is 0. The second-order valence-electron chi connectivity index (χ2n) is 0.696. The predicted molar refractivity (Wildman–Crippen MR) is 28.5 cm³/mol. The molecular weight excluding hydrogens is 151 g/mol. The van der Waals surface area contributed by atoms with Gasteiger partial charge in [-0.15, -0.1) is 0 Å². The molecule has 0 atom stereocenters. The summed E-state index contributed by atoms with van der Waals surface area (Å²) in [5, 5.41) is 0.769. The van der Waals surface area contributed by atoms with Gasteiger partial charge in [0.2, 0.25) is 0 Å². The standard InChI is InChI=1S/C3H4BrCl/c1-3(5)2-4/h2H,1H3/b3-2+. The first-order chi connectivity index (χ1) is 2.27. The van der Waals surface area contributed by atoms with E-state index in [1.807, 2.05) is 0 Å². The van der Waals surface area contributed by atoms with Crippen molar-refractivity contribution in [3.8, 4) is 0 Å². The van der Waals surface area contributed by atoms with E-state index in [-0.39, 0.29) is 0 Å². The Hall–Kier alpha value is 0.510. The van der Waals surface area contributed by atoms with Crippen molar-refractivity contribution < 1.29 is 0 Å². The van der Waals surface area contributed by atoms with Crippen LogP contribution in [-0.2, 0) is 0 Å². The molecule has 2 heteroatoms. The molecule has 0 saturated carbocycles. The zero-order valence-corrected chi connectivity index (χ0v) is 5.18. The minimum Gasteiger partial charge on any atom is -0.0889 e. The second-order valence-corrected chi connectivity index (χ2v) is 1.75. The molecule has 0 fully saturated rings. The first-order valence-electron chi connectivity index (χ1n) is 1.20. The van der Waals surface area contributed by atoms with E-state index >= 15 is 0 Å². The Bertz CT molecular complexity index is 44.9. The normalized spacial score (nSPS) is 12.2. The Morgan fingerprint density at radius 2 is 2.20 bits per heavy atom. The molecule has 0 aliphatic carbocycles. The third-order valence-electron chi connectivity index (χ3n) is 0.150. The lowest BCUT2D eigenvalue weighted by Crippen LogP contribution is -1.41. The molecular formula is C3H4BrCl. The van der Waals surface area contributed by atoms with Crippen LogP contribution in [0.1, 0.15) is 6.92 Å². The van der Waals surface area contributed by atoms with E-state index < -0.39 is 0 Å². The molecule has 0 aromatic rings. The van der Waals surface area contributed by atoms with Crippen LogP contribution in [0.3, 0.4) is 0 Å². The maximum atomic E-state index is 5.28. The van der Waals surface area contributed by atoms with Crippen molar-refractivity contribution in [3.63, 3.8) is 0 Å². The zero-order valence-electron chi connectivity index (χ0n) is 2.83. The molecule has 0 aliphatic rings. The molecule has 0 radical (unpaired) electrons. The molecule has 0 amide bonds. The molecule has 0 aliphatic heterocycles.